The molecule has 0 bridgehead atoms. The van der Waals surface area contributed by atoms with Crippen LogP contribution in [-0.4, -0.2) is 84.5 Å². The predicted octanol–water partition coefficient (Wildman–Crippen LogP) is 8.12. The maximum atomic E-state index is 13.9. The first-order valence-electron chi connectivity index (χ1n) is 16.5. The zero-order valence-corrected chi connectivity index (χ0v) is 30.0. The standard InChI is InChI=1S/C37H42ClF3N6O4/c1-23-19-24(2)33(25(3)20-23)34(28-21-26(37(39,40)41)7-9-29(28)38)47(36(48)49)32-11-12-42-35(44-32)43-27-8-10-30(31(22-27)50-5)51-18-6-13-46-16-14-45(4)15-17-46/h7-12,19-22,34H,6,13-18H2,1-5H3,(H,48,49)(H,42,43,44). The number of carboxylic acid groups (broad SMARTS) is 1. The summed E-state index contributed by atoms with van der Waals surface area (Å²) >= 11 is 6.57. The number of carbonyl (C=O) groups is 1. The van der Waals surface area contributed by atoms with Gasteiger partial charge in [0.25, 0.3) is 0 Å². The normalized spacial score (nSPS) is 14.6. The molecular weight excluding hydrogens is 685 g/mol. The quantitative estimate of drug-likeness (QED) is 0.140. The number of aryl methyl sites for hydroxylation is 3. The van der Waals surface area contributed by atoms with Gasteiger partial charge in [-0.25, -0.2) is 14.7 Å². The van der Waals surface area contributed by atoms with E-state index in [0.29, 0.717) is 40.5 Å². The topological polar surface area (TPSA) is 103 Å². The molecule has 1 saturated heterocycles. The van der Waals surface area contributed by atoms with Gasteiger partial charge in [0.15, 0.2) is 11.5 Å². The Morgan fingerprint density at radius 3 is 2.37 bits per heavy atom. The molecule has 272 valence electrons. The summed E-state index contributed by atoms with van der Waals surface area (Å²) in [5.41, 5.74) is 2.30. The van der Waals surface area contributed by atoms with Crippen LogP contribution in [0.1, 0.15) is 45.8 Å². The lowest BCUT2D eigenvalue weighted by molar-refractivity contribution is -0.137. The van der Waals surface area contributed by atoms with Gasteiger partial charge < -0.3 is 29.7 Å². The van der Waals surface area contributed by atoms with Gasteiger partial charge in [-0.3, -0.25) is 0 Å². The van der Waals surface area contributed by atoms with Crippen LogP contribution in [0.3, 0.4) is 0 Å². The minimum Gasteiger partial charge on any atom is -0.493 e. The first kappa shape index (κ1) is 37.7. The number of likely N-dealkylation sites (N-methyl/N-ethyl adjacent to an activating group) is 1. The molecule has 10 nitrogen and oxygen atoms in total. The van der Waals surface area contributed by atoms with Crippen LogP contribution in [0.5, 0.6) is 11.5 Å². The van der Waals surface area contributed by atoms with E-state index in [4.69, 9.17) is 21.1 Å². The van der Waals surface area contributed by atoms with Gasteiger partial charge in [0.2, 0.25) is 5.95 Å². The molecular formula is C37H42ClF3N6O4. The van der Waals surface area contributed by atoms with Crippen LogP contribution in [0.25, 0.3) is 0 Å². The minimum atomic E-state index is -4.69. The molecule has 2 heterocycles. The van der Waals surface area contributed by atoms with Gasteiger partial charge in [0, 0.05) is 55.7 Å². The van der Waals surface area contributed by atoms with Gasteiger partial charge in [-0.15, -0.1) is 0 Å². The molecule has 1 aromatic heterocycles. The Morgan fingerprint density at radius 2 is 1.73 bits per heavy atom. The summed E-state index contributed by atoms with van der Waals surface area (Å²) in [5.74, 6) is 1.02. The number of hydrogen-bond donors (Lipinski definition) is 2. The van der Waals surface area contributed by atoms with Crippen molar-refractivity contribution in [2.45, 2.75) is 39.4 Å². The summed E-state index contributed by atoms with van der Waals surface area (Å²) in [6.07, 6.45) is -3.90. The lowest BCUT2D eigenvalue weighted by atomic mass is 9.88. The summed E-state index contributed by atoms with van der Waals surface area (Å²) in [5, 5.41) is 13.7. The number of ether oxygens (including phenoxy) is 2. The van der Waals surface area contributed by atoms with E-state index in [0.717, 1.165) is 67.8 Å². The number of halogens is 4. The summed E-state index contributed by atoms with van der Waals surface area (Å²) in [6, 6.07) is 11.9. The van der Waals surface area contributed by atoms with Gasteiger partial charge in [-0.2, -0.15) is 18.2 Å². The van der Waals surface area contributed by atoms with Gasteiger partial charge >= 0.3 is 12.3 Å². The lowest BCUT2D eigenvalue weighted by Gasteiger charge is -2.32. The fraction of sp³-hybridized carbons (Fsp3) is 0.378. The zero-order valence-electron chi connectivity index (χ0n) is 29.2. The average Bonchev–Trinajstić information content (AvgIpc) is 3.07. The number of hydrogen-bond acceptors (Lipinski definition) is 8. The van der Waals surface area contributed by atoms with Crippen molar-refractivity contribution in [2.24, 2.45) is 0 Å². The first-order chi connectivity index (χ1) is 24.2. The van der Waals surface area contributed by atoms with E-state index < -0.39 is 23.9 Å². The number of amides is 1. The van der Waals surface area contributed by atoms with Crippen molar-refractivity contribution < 1.29 is 32.5 Å². The van der Waals surface area contributed by atoms with Gasteiger partial charge in [-0.05, 0) is 92.9 Å². The number of piperazine rings is 1. The first-order valence-corrected chi connectivity index (χ1v) is 16.9. The number of methoxy groups -OCH3 is 1. The smallest absolute Gasteiger partial charge is 0.416 e. The molecule has 1 aliphatic rings. The van der Waals surface area contributed by atoms with Crippen LogP contribution in [0.15, 0.2) is 60.8 Å². The van der Waals surface area contributed by atoms with E-state index in [9.17, 15) is 23.1 Å². The fourth-order valence-electron chi connectivity index (χ4n) is 6.40. The highest BCUT2D eigenvalue weighted by atomic mass is 35.5. The molecule has 14 heteroatoms. The Morgan fingerprint density at radius 1 is 1.02 bits per heavy atom. The second kappa shape index (κ2) is 16.2. The molecule has 4 aromatic rings. The Hall–Kier alpha value is -4.59. The molecule has 0 saturated carbocycles. The van der Waals surface area contributed by atoms with Crippen LogP contribution in [-0.2, 0) is 6.18 Å². The summed E-state index contributed by atoms with van der Waals surface area (Å²) in [7, 11) is 3.66. The van der Waals surface area contributed by atoms with E-state index in [-0.39, 0.29) is 22.4 Å². The van der Waals surface area contributed by atoms with Crippen LogP contribution >= 0.6 is 11.6 Å². The van der Waals surface area contributed by atoms with Crippen molar-refractivity contribution in [3.8, 4) is 11.5 Å². The maximum absolute atomic E-state index is 13.9. The highest BCUT2D eigenvalue weighted by molar-refractivity contribution is 6.31. The monoisotopic (exact) mass is 726 g/mol. The zero-order chi connectivity index (χ0) is 36.9. The average molecular weight is 727 g/mol. The third kappa shape index (κ3) is 9.21. The number of aromatic nitrogens is 2. The Kier molecular flexibility index (Phi) is 11.9. The largest absolute Gasteiger partial charge is 0.493 e. The molecule has 0 radical (unpaired) electrons. The third-order valence-corrected chi connectivity index (χ3v) is 9.22. The van der Waals surface area contributed by atoms with Crippen LogP contribution < -0.4 is 19.7 Å². The summed E-state index contributed by atoms with van der Waals surface area (Å²) in [6.45, 7) is 11.1. The van der Waals surface area contributed by atoms with Crippen molar-refractivity contribution in [1.29, 1.82) is 0 Å². The van der Waals surface area contributed by atoms with Crippen molar-refractivity contribution in [3.05, 3.63) is 99.2 Å². The minimum absolute atomic E-state index is 0.0280. The van der Waals surface area contributed by atoms with E-state index in [2.05, 4.69) is 32.1 Å². The molecule has 2 N–H and O–H groups in total. The third-order valence-electron chi connectivity index (χ3n) is 8.87. The molecule has 0 aliphatic carbocycles. The van der Waals surface area contributed by atoms with Crippen molar-refractivity contribution in [2.75, 3.05) is 63.7 Å². The summed E-state index contributed by atoms with van der Waals surface area (Å²) < 4.78 is 53.4. The SMILES string of the molecule is COc1cc(Nc2nccc(N(C(=O)O)C(c3cc(C(F)(F)F)ccc3Cl)c3c(C)cc(C)cc3C)n2)ccc1OCCCN1CCN(C)CC1. The van der Waals surface area contributed by atoms with Crippen LogP contribution in [0.2, 0.25) is 5.02 Å². The van der Waals surface area contributed by atoms with Gasteiger partial charge in [0.1, 0.15) is 5.82 Å². The summed E-state index contributed by atoms with van der Waals surface area (Å²) in [4.78, 5) is 27.6. The number of nitrogens with zero attached hydrogens (tertiary/aromatic N) is 5. The Balaban J connectivity index is 1.43. The lowest BCUT2D eigenvalue weighted by Crippen LogP contribution is -2.44. The van der Waals surface area contributed by atoms with Crippen molar-refractivity contribution >= 4 is 35.1 Å². The second-order valence-corrected chi connectivity index (χ2v) is 13.1. The Labute approximate surface area is 300 Å². The van der Waals surface area contributed by atoms with Gasteiger partial charge in [0.05, 0.1) is 25.3 Å². The molecule has 3 aromatic carbocycles. The molecule has 1 atom stereocenters. The molecule has 51 heavy (non-hydrogen) atoms. The Bertz CT molecular complexity index is 1830. The molecule has 5 rings (SSSR count). The predicted molar refractivity (Wildman–Crippen MR) is 192 cm³/mol. The van der Waals surface area contributed by atoms with Crippen molar-refractivity contribution in [1.82, 2.24) is 19.8 Å². The van der Waals surface area contributed by atoms with Crippen molar-refractivity contribution in [3.63, 3.8) is 0 Å². The van der Waals surface area contributed by atoms with Gasteiger partial charge in [-0.1, -0.05) is 29.3 Å². The number of benzene rings is 3. The number of rotatable bonds is 12. The van der Waals surface area contributed by atoms with E-state index in [1.807, 2.05) is 19.1 Å². The number of anilines is 3. The van der Waals surface area contributed by atoms with Crippen LogP contribution in [0, 0.1) is 20.8 Å². The molecule has 1 amide bonds. The molecule has 1 fully saturated rings. The highest BCUT2D eigenvalue weighted by Gasteiger charge is 2.37. The highest BCUT2D eigenvalue weighted by Crippen LogP contribution is 2.42. The fourth-order valence-corrected chi connectivity index (χ4v) is 6.62. The second-order valence-electron chi connectivity index (χ2n) is 12.7. The molecule has 1 aliphatic heterocycles. The van der Waals surface area contributed by atoms with E-state index in [1.165, 1.54) is 19.4 Å². The van der Waals surface area contributed by atoms with E-state index in [1.54, 1.807) is 32.0 Å². The van der Waals surface area contributed by atoms with E-state index >= 15 is 0 Å². The maximum Gasteiger partial charge on any atom is 0.416 e. The molecule has 0 spiro atoms. The number of alkyl halides is 3. The van der Waals surface area contributed by atoms with Crippen LogP contribution in [0.4, 0.5) is 35.4 Å². The number of nitrogens with one attached hydrogen (secondary N) is 1. The molecule has 1 unspecified atom stereocenters.